The molecule has 0 heterocycles. The van der Waals surface area contributed by atoms with E-state index in [1.165, 1.54) is 0 Å². The average Bonchev–Trinajstić information content (AvgIpc) is 1.59. The molecule has 0 bridgehead atoms. The molecule has 0 radical (unpaired) electrons. The summed E-state index contributed by atoms with van der Waals surface area (Å²) in [6.45, 7) is -0.439. The molecule has 0 aliphatic rings. The summed E-state index contributed by atoms with van der Waals surface area (Å²) < 4.78 is 10.1. The Morgan fingerprint density at radius 1 is 1.45 bits per heavy atom. The van der Waals surface area contributed by atoms with Gasteiger partial charge in [0.1, 0.15) is 0 Å². The molecule has 0 spiro atoms. The van der Waals surface area contributed by atoms with Crippen LogP contribution in [-0.2, 0) is 9.36 Å². The second-order valence-electron chi connectivity index (χ2n) is 1.64. The van der Waals surface area contributed by atoms with E-state index in [1.807, 2.05) is 0 Å². The van der Waals surface area contributed by atoms with E-state index < -0.39 is 26.4 Å². The van der Waals surface area contributed by atoms with E-state index in [1.54, 1.807) is 0 Å². The summed E-state index contributed by atoms with van der Waals surface area (Å²) in [5, 5.41) is 10.1. The van der Waals surface area contributed by atoms with Gasteiger partial charge < -0.3 is 14.9 Å². The maximum absolute atomic E-state index is 10.1. The van der Waals surface area contributed by atoms with Crippen LogP contribution in [0.1, 0.15) is 0 Å². The van der Waals surface area contributed by atoms with E-state index in [0.717, 1.165) is 0 Å². The van der Waals surface area contributed by atoms with Gasteiger partial charge in [0.25, 0.3) is 0 Å². The van der Waals surface area contributed by atoms with Crippen molar-refractivity contribution in [3.8, 4) is 0 Å². The maximum atomic E-state index is 10.1. The zero-order valence-corrected chi connectivity index (χ0v) is 5.91. The zero-order chi connectivity index (χ0) is 8.20. The summed E-state index contributed by atoms with van der Waals surface area (Å²) >= 11 is 0. The van der Waals surface area contributed by atoms with Gasteiger partial charge in [-0.25, -0.2) is 0 Å². The number of carboxylic acid groups (broad SMARTS) is 1. The van der Waals surface area contributed by atoms with Gasteiger partial charge in [-0.2, -0.15) is 0 Å². The number of nitrogens with one attached hydrogen (secondary N) is 1. The first-order chi connectivity index (χ1) is 4.42. The first-order valence-electron chi connectivity index (χ1n) is 2.39. The van der Waals surface area contributed by atoms with Crippen LogP contribution in [0, 0.1) is 0 Å². The summed E-state index contributed by atoms with van der Waals surface area (Å²) in [4.78, 5) is 26.1. The SMILES string of the molecule is O=C(O)CNCP(=O)(O)O.[LiH]. The summed E-state index contributed by atoms with van der Waals surface area (Å²) in [5.74, 6) is -1.14. The fourth-order valence-electron chi connectivity index (χ4n) is 0.308. The van der Waals surface area contributed by atoms with E-state index in [0.29, 0.717) is 0 Å². The third kappa shape index (κ3) is 13.2. The van der Waals surface area contributed by atoms with Crippen molar-refractivity contribution in [1.82, 2.24) is 5.32 Å². The van der Waals surface area contributed by atoms with Crippen molar-refractivity contribution < 1.29 is 24.3 Å². The van der Waals surface area contributed by atoms with Crippen LogP contribution in [-0.4, -0.2) is 52.6 Å². The summed E-state index contributed by atoms with van der Waals surface area (Å²) in [6, 6.07) is 0. The van der Waals surface area contributed by atoms with Gasteiger partial charge in [0.15, 0.2) is 0 Å². The molecule has 8 heteroatoms. The van der Waals surface area contributed by atoms with Gasteiger partial charge in [0.2, 0.25) is 0 Å². The molecule has 0 atom stereocenters. The number of carbonyl (C=O) groups is 1. The number of carboxylic acids is 1. The third-order valence-electron chi connectivity index (χ3n) is 0.594. The van der Waals surface area contributed by atoms with E-state index in [4.69, 9.17) is 14.9 Å². The van der Waals surface area contributed by atoms with Crippen molar-refractivity contribution in [3.63, 3.8) is 0 Å². The Bertz CT molecular complexity index is 167. The van der Waals surface area contributed by atoms with Gasteiger partial charge in [-0.15, -0.1) is 0 Å². The van der Waals surface area contributed by atoms with Crippen molar-refractivity contribution in [3.05, 3.63) is 0 Å². The molecule has 0 amide bonds. The van der Waals surface area contributed by atoms with Crippen LogP contribution in [0.3, 0.4) is 0 Å². The van der Waals surface area contributed by atoms with Gasteiger partial charge in [-0.1, -0.05) is 0 Å². The van der Waals surface area contributed by atoms with Crippen molar-refractivity contribution in [2.75, 3.05) is 12.8 Å². The van der Waals surface area contributed by atoms with Crippen molar-refractivity contribution in [1.29, 1.82) is 0 Å². The van der Waals surface area contributed by atoms with E-state index >= 15 is 0 Å². The van der Waals surface area contributed by atoms with Crippen LogP contribution in [0.4, 0.5) is 0 Å². The molecule has 11 heavy (non-hydrogen) atoms. The Kier molecular flexibility index (Phi) is 7.22. The average molecular weight is 177 g/mol. The molecule has 0 saturated heterocycles. The van der Waals surface area contributed by atoms with Crippen LogP contribution in [0.25, 0.3) is 0 Å². The summed E-state index contributed by atoms with van der Waals surface area (Å²) in [6.07, 6.45) is -0.598. The Morgan fingerprint density at radius 2 is 1.91 bits per heavy atom. The van der Waals surface area contributed by atoms with Crippen LogP contribution in [0.5, 0.6) is 0 Å². The Labute approximate surface area is 75.3 Å². The van der Waals surface area contributed by atoms with E-state index in [9.17, 15) is 9.36 Å². The summed E-state index contributed by atoms with van der Waals surface area (Å²) in [5.41, 5.74) is 0. The second-order valence-corrected chi connectivity index (χ2v) is 3.29. The first kappa shape index (κ1) is 13.7. The Balaban J connectivity index is 0. The van der Waals surface area contributed by atoms with Crippen LogP contribution >= 0.6 is 7.60 Å². The molecule has 0 unspecified atom stereocenters. The van der Waals surface area contributed by atoms with Crippen LogP contribution in [0.2, 0.25) is 0 Å². The number of aliphatic carboxylic acids is 1. The number of rotatable bonds is 4. The molecule has 0 aliphatic carbocycles. The fraction of sp³-hybridized carbons (Fsp3) is 0.667. The molecule has 0 rings (SSSR count). The molecule has 0 aliphatic heterocycles. The van der Waals surface area contributed by atoms with Crippen LogP contribution < -0.4 is 5.32 Å². The summed E-state index contributed by atoms with van der Waals surface area (Å²) in [7, 11) is -4.10. The van der Waals surface area contributed by atoms with E-state index in [-0.39, 0.29) is 18.9 Å². The molecule has 0 aromatic heterocycles. The van der Waals surface area contributed by atoms with Gasteiger partial charge in [-0.05, 0) is 0 Å². The fourth-order valence-corrected chi connectivity index (χ4v) is 0.712. The minimum absolute atomic E-state index is 0. The predicted octanol–water partition coefficient (Wildman–Crippen LogP) is -1.85. The van der Waals surface area contributed by atoms with Crippen molar-refractivity contribution in [2.24, 2.45) is 0 Å². The molecule has 0 aromatic rings. The number of hydrogen-bond donors (Lipinski definition) is 4. The molecule has 62 valence electrons. The molecule has 0 saturated carbocycles. The number of hydrogen-bond acceptors (Lipinski definition) is 3. The predicted molar refractivity (Wildman–Crippen MR) is 39.7 cm³/mol. The van der Waals surface area contributed by atoms with Gasteiger partial charge >= 0.3 is 32.4 Å². The van der Waals surface area contributed by atoms with Crippen molar-refractivity contribution >= 4 is 32.4 Å². The second kappa shape index (κ2) is 5.78. The monoisotopic (exact) mass is 177 g/mol. The van der Waals surface area contributed by atoms with Gasteiger partial charge in [0.05, 0.1) is 12.8 Å². The standard InChI is InChI=1S/C3H8NO5P.Li.H/c5-3(6)1-4-2-10(7,8)9;;/h4H,1-2H2,(H,5,6)(H2,7,8,9);;. The van der Waals surface area contributed by atoms with Gasteiger partial charge in [0, 0.05) is 0 Å². The molecular formula is C3H9LiNO5P. The molecule has 6 nitrogen and oxygen atoms in total. The Morgan fingerprint density at radius 3 is 2.18 bits per heavy atom. The normalized spacial score (nSPS) is 10.4. The topological polar surface area (TPSA) is 107 Å². The van der Waals surface area contributed by atoms with E-state index in [2.05, 4.69) is 5.32 Å². The minimum atomic E-state index is -4.10. The zero-order valence-electron chi connectivity index (χ0n) is 5.02. The third-order valence-corrected chi connectivity index (χ3v) is 1.23. The van der Waals surface area contributed by atoms with Crippen molar-refractivity contribution in [2.45, 2.75) is 0 Å². The quantitative estimate of drug-likeness (QED) is 0.296. The molecule has 0 fully saturated rings. The van der Waals surface area contributed by atoms with Gasteiger partial charge in [-0.3, -0.25) is 14.7 Å². The first-order valence-corrected chi connectivity index (χ1v) is 4.18. The molecular weight excluding hydrogens is 168 g/mol. The molecule has 4 N–H and O–H groups in total. The molecule has 0 aromatic carbocycles. The Hall–Kier alpha value is 0.177. The van der Waals surface area contributed by atoms with Crippen LogP contribution in [0.15, 0.2) is 0 Å².